The third-order valence-electron chi connectivity index (χ3n) is 3.01. The van der Waals surface area contributed by atoms with Crippen molar-refractivity contribution in [2.45, 2.75) is 12.5 Å². The Morgan fingerprint density at radius 3 is 2.95 bits per heavy atom. The Hall–Kier alpha value is -1.99. The average Bonchev–Trinajstić information content (AvgIpc) is 2.90. The van der Waals surface area contributed by atoms with Crippen LogP contribution in [0.15, 0.2) is 18.2 Å². The van der Waals surface area contributed by atoms with Crippen LogP contribution < -0.4 is 10.6 Å². The van der Waals surface area contributed by atoms with Crippen molar-refractivity contribution < 1.29 is 14.7 Å². The quantitative estimate of drug-likeness (QED) is 0.855. The van der Waals surface area contributed by atoms with E-state index in [1.54, 1.807) is 17.0 Å². The number of benzene rings is 1. The minimum absolute atomic E-state index is 0.0370. The van der Waals surface area contributed by atoms with Gasteiger partial charge in [-0.15, -0.1) is 0 Å². The van der Waals surface area contributed by atoms with E-state index < -0.39 is 5.97 Å². The van der Waals surface area contributed by atoms with Crippen LogP contribution in [0.4, 0.5) is 5.13 Å². The predicted molar refractivity (Wildman–Crippen MR) is 71.5 cm³/mol. The van der Waals surface area contributed by atoms with E-state index in [1.165, 1.54) is 17.4 Å². The minimum Gasteiger partial charge on any atom is -0.478 e. The van der Waals surface area contributed by atoms with Gasteiger partial charge >= 0.3 is 5.97 Å². The van der Waals surface area contributed by atoms with Crippen molar-refractivity contribution in [3.05, 3.63) is 23.8 Å². The molecule has 0 aliphatic carbocycles. The topological polar surface area (TPSA) is 96.5 Å². The van der Waals surface area contributed by atoms with Crippen LogP contribution in [-0.4, -0.2) is 34.6 Å². The Kier molecular flexibility index (Phi) is 2.72. The number of nitrogens with two attached hydrogens (primary N) is 1. The minimum atomic E-state index is -0.976. The van der Waals surface area contributed by atoms with Crippen molar-refractivity contribution in [1.82, 2.24) is 4.98 Å². The third kappa shape index (κ3) is 2.06. The maximum Gasteiger partial charge on any atom is 0.335 e. The van der Waals surface area contributed by atoms with Gasteiger partial charge in [0.25, 0.3) is 0 Å². The fourth-order valence-corrected chi connectivity index (χ4v) is 3.11. The Balaban J connectivity index is 2.02. The number of carboxylic acid groups (broad SMARTS) is 1. The molecule has 1 aromatic heterocycles. The van der Waals surface area contributed by atoms with Crippen LogP contribution in [0.25, 0.3) is 10.2 Å². The summed E-state index contributed by atoms with van der Waals surface area (Å²) >= 11 is 1.31. The number of nitrogens with zero attached hydrogens (tertiary/aromatic N) is 2. The zero-order valence-electron chi connectivity index (χ0n) is 9.87. The summed E-state index contributed by atoms with van der Waals surface area (Å²) in [5, 5.41) is 9.52. The first-order valence-electron chi connectivity index (χ1n) is 5.74. The molecule has 3 N–H and O–H groups in total. The number of thiazole rings is 1. The van der Waals surface area contributed by atoms with E-state index in [0.717, 1.165) is 4.70 Å². The molecule has 1 aliphatic rings. The predicted octanol–water partition coefficient (Wildman–Crippen LogP) is 1.06. The molecule has 2 heterocycles. The lowest BCUT2D eigenvalue weighted by Gasteiger charge is -2.10. The van der Waals surface area contributed by atoms with Crippen molar-refractivity contribution in [1.29, 1.82) is 0 Å². The van der Waals surface area contributed by atoms with E-state index >= 15 is 0 Å². The standard InChI is InChI=1S/C12H11N3O3S/c13-7-4-10(16)15(5-7)12-14-8-2-1-6(11(17)18)3-9(8)19-12/h1-3,7H,4-5,13H2,(H,17,18). The summed E-state index contributed by atoms with van der Waals surface area (Å²) in [5.41, 5.74) is 6.66. The van der Waals surface area contributed by atoms with Gasteiger partial charge in [0.2, 0.25) is 5.91 Å². The Bertz CT molecular complexity index is 682. The maximum absolute atomic E-state index is 11.8. The second-order valence-corrected chi connectivity index (χ2v) is 5.46. The molecule has 1 unspecified atom stereocenters. The molecule has 0 spiro atoms. The Morgan fingerprint density at radius 2 is 2.32 bits per heavy atom. The summed E-state index contributed by atoms with van der Waals surface area (Å²) in [5.74, 6) is -1.01. The zero-order valence-corrected chi connectivity index (χ0v) is 10.7. The number of hydrogen-bond donors (Lipinski definition) is 2. The second-order valence-electron chi connectivity index (χ2n) is 4.45. The molecule has 19 heavy (non-hydrogen) atoms. The molecule has 2 aromatic rings. The molecule has 1 atom stereocenters. The summed E-state index contributed by atoms with van der Waals surface area (Å²) < 4.78 is 0.753. The summed E-state index contributed by atoms with van der Waals surface area (Å²) in [4.78, 5) is 28.6. The third-order valence-corrected chi connectivity index (χ3v) is 4.05. The Morgan fingerprint density at radius 1 is 1.53 bits per heavy atom. The molecule has 0 radical (unpaired) electrons. The van der Waals surface area contributed by atoms with Gasteiger partial charge in [-0.25, -0.2) is 9.78 Å². The average molecular weight is 277 g/mol. The van der Waals surface area contributed by atoms with Crippen molar-refractivity contribution in [2.75, 3.05) is 11.4 Å². The van der Waals surface area contributed by atoms with Gasteiger partial charge in [-0.3, -0.25) is 9.69 Å². The molecule has 7 heteroatoms. The second kappa shape index (κ2) is 4.29. The van der Waals surface area contributed by atoms with Crippen LogP contribution in [0.2, 0.25) is 0 Å². The summed E-state index contributed by atoms with van der Waals surface area (Å²) in [6, 6.07) is 4.57. The van der Waals surface area contributed by atoms with Gasteiger partial charge in [-0.2, -0.15) is 0 Å². The smallest absolute Gasteiger partial charge is 0.335 e. The number of carbonyl (C=O) groups excluding carboxylic acids is 1. The molecule has 1 aromatic carbocycles. The summed E-state index contributed by atoms with van der Waals surface area (Å²) in [6.07, 6.45) is 0.330. The Labute approximate surface area is 112 Å². The first-order chi connectivity index (χ1) is 9.04. The molecular formula is C12H11N3O3S. The van der Waals surface area contributed by atoms with E-state index in [4.69, 9.17) is 10.8 Å². The fraction of sp³-hybridized carbons (Fsp3) is 0.250. The molecule has 98 valence electrons. The number of anilines is 1. The number of amides is 1. The SMILES string of the molecule is NC1CC(=O)N(c2nc3ccc(C(=O)O)cc3s2)C1. The molecular weight excluding hydrogens is 266 g/mol. The molecule has 6 nitrogen and oxygen atoms in total. The number of aromatic nitrogens is 1. The number of aromatic carboxylic acids is 1. The molecule has 1 aliphatic heterocycles. The maximum atomic E-state index is 11.8. The lowest BCUT2D eigenvalue weighted by Crippen LogP contribution is -2.27. The van der Waals surface area contributed by atoms with Crippen LogP contribution in [0, 0.1) is 0 Å². The molecule has 1 fully saturated rings. The van der Waals surface area contributed by atoms with Crippen LogP contribution in [0.5, 0.6) is 0 Å². The van der Waals surface area contributed by atoms with E-state index in [1.807, 2.05) is 0 Å². The normalized spacial score (nSPS) is 19.3. The monoisotopic (exact) mass is 277 g/mol. The van der Waals surface area contributed by atoms with Gasteiger partial charge in [-0.05, 0) is 18.2 Å². The highest BCUT2D eigenvalue weighted by Crippen LogP contribution is 2.31. The highest BCUT2D eigenvalue weighted by Gasteiger charge is 2.30. The highest BCUT2D eigenvalue weighted by molar-refractivity contribution is 7.22. The van der Waals surface area contributed by atoms with Gasteiger partial charge in [0.15, 0.2) is 5.13 Å². The van der Waals surface area contributed by atoms with E-state index in [-0.39, 0.29) is 17.5 Å². The van der Waals surface area contributed by atoms with Crippen molar-refractivity contribution in [3.63, 3.8) is 0 Å². The molecule has 3 rings (SSSR count). The van der Waals surface area contributed by atoms with Crippen LogP contribution >= 0.6 is 11.3 Å². The van der Waals surface area contributed by atoms with Crippen LogP contribution in [0.1, 0.15) is 16.8 Å². The van der Waals surface area contributed by atoms with Crippen LogP contribution in [-0.2, 0) is 4.79 Å². The van der Waals surface area contributed by atoms with Crippen molar-refractivity contribution in [3.8, 4) is 0 Å². The van der Waals surface area contributed by atoms with E-state index in [2.05, 4.69) is 4.98 Å². The van der Waals surface area contributed by atoms with Gasteiger partial charge in [-0.1, -0.05) is 11.3 Å². The number of carboxylic acids is 1. The molecule has 0 saturated carbocycles. The summed E-state index contributed by atoms with van der Waals surface area (Å²) in [6.45, 7) is 0.463. The highest BCUT2D eigenvalue weighted by atomic mass is 32.1. The van der Waals surface area contributed by atoms with Gasteiger partial charge < -0.3 is 10.8 Å². The number of hydrogen-bond acceptors (Lipinski definition) is 5. The van der Waals surface area contributed by atoms with E-state index in [9.17, 15) is 9.59 Å². The first-order valence-corrected chi connectivity index (χ1v) is 6.56. The van der Waals surface area contributed by atoms with Crippen molar-refractivity contribution >= 4 is 38.6 Å². The fourth-order valence-electron chi connectivity index (χ4n) is 2.08. The summed E-state index contributed by atoms with van der Waals surface area (Å²) in [7, 11) is 0. The molecule has 1 amide bonds. The van der Waals surface area contributed by atoms with Crippen molar-refractivity contribution in [2.24, 2.45) is 5.73 Å². The number of carbonyl (C=O) groups is 2. The lowest BCUT2D eigenvalue weighted by molar-refractivity contribution is -0.117. The largest absolute Gasteiger partial charge is 0.478 e. The van der Waals surface area contributed by atoms with Crippen LogP contribution in [0.3, 0.4) is 0 Å². The van der Waals surface area contributed by atoms with Gasteiger partial charge in [0, 0.05) is 19.0 Å². The van der Waals surface area contributed by atoms with E-state index in [0.29, 0.717) is 23.6 Å². The zero-order chi connectivity index (χ0) is 13.6. The number of fused-ring (bicyclic) bond motifs is 1. The van der Waals surface area contributed by atoms with Gasteiger partial charge in [0.1, 0.15) is 0 Å². The molecule has 1 saturated heterocycles. The lowest BCUT2D eigenvalue weighted by atomic mass is 10.2. The van der Waals surface area contributed by atoms with Gasteiger partial charge in [0.05, 0.1) is 15.8 Å². The molecule has 0 bridgehead atoms. The number of rotatable bonds is 2. The first kappa shape index (κ1) is 12.1.